The van der Waals surface area contributed by atoms with Gasteiger partial charge in [-0.15, -0.1) is 0 Å². The molecule has 0 fully saturated rings. The Labute approximate surface area is 130 Å². The predicted octanol–water partition coefficient (Wildman–Crippen LogP) is 2.62. The van der Waals surface area contributed by atoms with Crippen LogP contribution in [-0.2, 0) is 6.54 Å². The molecule has 0 aliphatic carbocycles. The normalized spacial score (nSPS) is 10.6. The van der Waals surface area contributed by atoms with Gasteiger partial charge >= 0.3 is 0 Å². The lowest BCUT2D eigenvalue weighted by Crippen LogP contribution is -2.23. The fourth-order valence-electron chi connectivity index (χ4n) is 1.96. The van der Waals surface area contributed by atoms with Crippen LogP contribution >= 0.6 is 11.6 Å². The van der Waals surface area contributed by atoms with E-state index >= 15 is 0 Å². The lowest BCUT2D eigenvalue weighted by atomic mass is 10.1. The molecule has 3 rings (SSSR count). The number of halogens is 1. The lowest BCUT2D eigenvalue weighted by Gasteiger charge is -2.03. The fourth-order valence-corrected chi connectivity index (χ4v) is 2.12. The summed E-state index contributed by atoms with van der Waals surface area (Å²) in [5.74, 6) is 0.103. The van der Waals surface area contributed by atoms with Crippen molar-refractivity contribution in [2.75, 3.05) is 0 Å². The molecule has 0 unspecified atom stereocenters. The Morgan fingerprint density at radius 1 is 1.45 bits per heavy atom. The number of aromatic nitrogens is 3. The van der Waals surface area contributed by atoms with E-state index in [9.17, 15) is 4.79 Å². The summed E-state index contributed by atoms with van der Waals surface area (Å²) in [6.07, 6.45) is 4.64. The molecule has 1 amide bonds. The number of carbonyl (C=O) groups excluding carboxylic acids is 1. The van der Waals surface area contributed by atoms with E-state index in [-0.39, 0.29) is 17.8 Å². The number of pyridine rings is 1. The van der Waals surface area contributed by atoms with Crippen LogP contribution in [0.25, 0.3) is 11.3 Å². The standard InChI is InChI=1S/C14H11ClN4O3/c1-8-11(12(19-22-8)9-3-2-4-16-5-9)13(20)17-6-10-7-21-14(15)18-10/h2-5,7H,6H2,1H3,(H,17,20). The first-order valence-corrected chi connectivity index (χ1v) is 6.77. The molecule has 0 bridgehead atoms. The van der Waals surface area contributed by atoms with Crippen LogP contribution in [0.4, 0.5) is 0 Å². The summed E-state index contributed by atoms with van der Waals surface area (Å²) >= 11 is 5.58. The van der Waals surface area contributed by atoms with Crippen LogP contribution in [0.1, 0.15) is 21.8 Å². The van der Waals surface area contributed by atoms with Crippen LogP contribution in [0.15, 0.2) is 39.7 Å². The number of nitrogens with one attached hydrogen (secondary N) is 1. The SMILES string of the molecule is Cc1onc(-c2cccnc2)c1C(=O)NCc1coc(Cl)n1. The Morgan fingerprint density at radius 3 is 3.00 bits per heavy atom. The van der Waals surface area contributed by atoms with Gasteiger partial charge in [-0.1, -0.05) is 5.16 Å². The summed E-state index contributed by atoms with van der Waals surface area (Å²) < 4.78 is 10.0. The first-order chi connectivity index (χ1) is 10.6. The Kier molecular flexibility index (Phi) is 3.88. The maximum Gasteiger partial charge on any atom is 0.292 e. The van der Waals surface area contributed by atoms with Gasteiger partial charge in [0.05, 0.1) is 12.2 Å². The highest BCUT2D eigenvalue weighted by Crippen LogP contribution is 2.24. The van der Waals surface area contributed by atoms with Crippen LogP contribution in [0, 0.1) is 6.92 Å². The van der Waals surface area contributed by atoms with E-state index in [0.717, 1.165) is 0 Å². The van der Waals surface area contributed by atoms with Gasteiger partial charge in [0, 0.05) is 18.0 Å². The summed E-state index contributed by atoms with van der Waals surface area (Å²) in [6.45, 7) is 1.86. The van der Waals surface area contributed by atoms with Gasteiger partial charge in [-0.05, 0) is 30.7 Å². The Bertz CT molecular complexity index is 798. The molecule has 7 nitrogen and oxygen atoms in total. The van der Waals surface area contributed by atoms with Gasteiger partial charge in [-0.3, -0.25) is 9.78 Å². The molecule has 0 spiro atoms. The summed E-state index contributed by atoms with van der Waals surface area (Å²) in [5, 5.41) is 6.69. The number of aryl methyl sites for hydroxylation is 1. The Morgan fingerprint density at radius 2 is 2.32 bits per heavy atom. The molecule has 0 saturated heterocycles. The zero-order valence-corrected chi connectivity index (χ0v) is 12.3. The first-order valence-electron chi connectivity index (χ1n) is 6.40. The highest BCUT2D eigenvalue weighted by molar-refractivity contribution is 6.27. The lowest BCUT2D eigenvalue weighted by molar-refractivity contribution is 0.0949. The van der Waals surface area contributed by atoms with Crippen LogP contribution in [-0.4, -0.2) is 21.0 Å². The zero-order valence-electron chi connectivity index (χ0n) is 11.5. The second-order valence-electron chi connectivity index (χ2n) is 4.48. The molecular formula is C14H11ClN4O3. The van der Waals surface area contributed by atoms with E-state index in [0.29, 0.717) is 28.3 Å². The minimum atomic E-state index is -0.322. The molecular weight excluding hydrogens is 308 g/mol. The van der Waals surface area contributed by atoms with Gasteiger partial charge in [-0.2, -0.15) is 0 Å². The van der Waals surface area contributed by atoms with Crippen LogP contribution in [0.3, 0.4) is 0 Å². The quantitative estimate of drug-likeness (QED) is 0.794. The molecule has 22 heavy (non-hydrogen) atoms. The molecule has 1 N–H and O–H groups in total. The van der Waals surface area contributed by atoms with Crippen molar-refractivity contribution in [3.63, 3.8) is 0 Å². The number of hydrogen-bond acceptors (Lipinski definition) is 6. The van der Waals surface area contributed by atoms with Crippen molar-refractivity contribution in [1.29, 1.82) is 0 Å². The van der Waals surface area contributed by atoms with Crippen molar-refractivity contribution in [2.24, 2.45) is 0 Å². The number of oxazole rings is 1. The highest BCUT2D eigenvalue weighted by atomic mass is 35.5. The van der Waals surface area contributed by atoms with Gasteiger partial charge in [0.1, 0.15) is 23.3 Å². The van der Waals surface area contributed by atoms with Crippen LogP contribution in [0.5, 0.6) is 0 Å². The van der Waals surface area contributed by atoms with Gasteiger partial charge in [0.15, 0.2) is 0 Å². The molecule has 0 saturated carbocycles. The molecule has 0 aliphatic rings. The smallest absolute Gasteiger partial charge is 0.292 e. The van der Waals surface area contributed by atoms with Crippen molar-refractivity contribution in [1.82, 2.24) is 20.4 Å². The molecule has 112 valence electrons. The van der Waals surface area contributed by atoms with Crippen molar-refractivity contribution in [2.45, 2.75) is 13.5 Å². The fraction of sp³-hybridized carbons (Fsp3) is 0.143. The largest absolute Gasteiger partial charge is 0.436 e. The van der Waals surface area contributed by atoms with Crippen molar-refractivity contribution >= 4 is 17.5 Å². The average molecular weight is 319 g/mol. The third-order valence-corrected chi connectivity index (χ3v) is 3.15. The van der Waals surface area contributed by atoms with Gasteiger partial charge < -0.3 is 14.3 Å². The van der Waals surface area contributed by atoms with E-state index in [1.807, 2.05) is 0 Å². The molecule has 0 radical (unpaired) electrons. The Hall–Kier alpha value is -2.67. The number of hydrogen-bond donors (Lipinski definition) is 1. The first kappa shape index (κ1) is 14.3. The number of rotatable bonds is 4. The Balaban J connectivity index is 1.82. The molecule has 3 aromatic rings. The topological polar surface area (TPSA) is 94.0 Å². The summed E-state index contributed by atoms with van der Waals surface area (Å²) in [4.78, 5) is 20.3. The maximum atomic E-state index is 12.4. The minimum Gasteiger partial charge on any atom is -0.436 e. The summed E-state index contributed by atoms with van der Waals surface area (Å²) in [7, 11) is 0. The summed E-state index contributed by atoms with van der Waals surface area (Å²) in [5.41, 5.74) is 2.04. The third-order valence-electron chi connectivity index (χ3n) is 2.98. The van der Waals surface area contributed by atoms with Crippen LogP contribution < -0.4 is 5.32 Å². The van der Waals surface area contributed by atoms with E-state index in [2.05, 4.69) is 20.4 Å². The van der Waals surface area contributed by atoms with E-state index in [1.165, 1.54) is 6.26 Å². The minimum absolute atomic E-state index is 0.0291. The molecule has 0 atom stereocenters. The van der Waals surface area contributed by atoms with E-state index in [1.54, 1.807) is 31.5 Å². The zero-order chi connectivity index (χ0) is 15.5. The monoisotopic (exact) mass is 318 g/mol. The third kappa shape index (κ3) is 2.84. The van der Waals surface area contributed by atoms with E-state index in [4.69, 9.17) is 20.5 Å². The molecule has 3 heterocycles. The van der Waals surface area contributed by atoms with Crippen LogP contribution in [0.2, 0.25) is 5.35 Å². The van der Waals surface area contributed by atoms with Crippen molar-refractivity contribution in [3.05, 3.63) is 53.2 Å². The van der Waals surface area contributed by atoms with Gasteiger partial charge in [0.2, 0.25) is 0 Å². The number of carbonyl (C=O) groups is 1. The van der Waals surface area contributed by atoms with Gasteiger partial charge in [0.25, 0.3) is 11.3 Å². The predicted molar refractivity (Wildman–Crippen MR) is 77.2 cm³/mol. The average Bonchev–Trinajstić information content (AvgIpc) is 3.12. The number of amides is 1. The maximum absolute atomic E-state index is 12.4. The van der Waals surface area contributed by atoms with Gasteiger partial charge in [-0.25, -0.2) is 4.98 Å². The second kappa shape index (κ2) is 5.98. The highest BCUT2D eigenvalue weighted by Gasteiger charge is 2.21. The van der Waals surface area contributed by atoms with E-state index < -0.39 is 0 Å². The van der Waals surface area contributed by atoms with Crippen molar-refractivity contribution < 1.29 is 13.7 Å². The molecule has 3 aromatic heterocycles. The number of nitrogens with zero attached hydrogens (tertiary/aromatic N) is 3. The van der Waals surface area contributed by atoms with Crippen molar-refractivity contribution in [3.8, 4) is 11.3 Å². The summed E-state index contributed by atoms with van der Waals surface area (Å²) in [6, 6.07) is 3.57. The molecule has 0 aliphatic heterocycles. The second-order valence-corrected chi connectivity index (χ2v) is 4.80. The molecule has 8 heteroatoms. The molecule has 0 aromatic carbocycles.